The van der Waals surface area contributed by atoms with Crippen LogP contribution in [0.1, 0.15) is 27.0 Å². The van der Waals surface area contributed by atoms with Crippen molar-refractivity contribution >= 4 is 11.9 Å². The van der Waals surface area contributed by atoms with Gasteiger partial charge >= 0.3 is 12.4 Å². The van der Waals surface area contributed by atoms with Gasteiger partial charge in [-0.05, 0) is 42.0 Å². The maximum absolute atomic E-state index is 12.8. The number of carbonyl (C=O) groups is 1. The van der Waals surface area contributed by atoms with Crippen molar-refractivity contribution < 1.29 is 36.2 Å². The van der Waals surface area contributed by atoms with Crippen LogP contribution in [0.5, 0.6) is 5.75 Å². The fourth-order valence-corrected chi connectivity index (χ4v) is 2.00. The summed E-state index contributed by atoms with van der Waals surface area (Å²) < 4.78 is 76.5. The predicted octanol–water partition coefficient (Wildman–Crippen LogP) is 5.33. The second kappa shape index (κ2) is 6.62. The lowest BCUT2D eigenvalue weighted by Crippen LogP contribution is -2.11. The number of aromatic hydroxyl groups is 1. The number of halogens is 6. The van der Waals surface area contributed by atoms with Crippen molar-refractivity contribution in [3.63, 3.8) is 0 Å². The highest BCUT2D eigenvalue weighted by Crippen LogP contribution is 2.36. The molecule has 0 atom stereocenters. The quantitative estimate of drug-likeness (QED) is 0.457. The first-order valence-electron chi connectivity index (χ1n) is 6.78. The van der Waals surface area contributed by atoms with Crippen LogP contribution in [0.25, 0.3) is 6.08 Å². The standard InChI is InChI=1S/C17H10F6O2/c18-16(19,20)12-6-10(7-13(9-12)17(21,22)23)4-5-15(25)11-2-1-3-14(24)8-11/h1-9,24H/b5-4+. The summed E-state index contributed by atoms with van der Waals surface area (Å²) in [4.78, 5) is 11.9. The van der Waals surface area contributed by atoms with Crippen LogP contribution in [0.4, 0.5) is 26.3 Å². The van der Waals surface area contributed by atoms with Crippen LogP contribution < -0.4 is 0 Å². The second-order valence-corrected chi connectivity index (χ2v) is 5.09. The number of hydrogen-bond donors (Lipinski definition) is 1. The SMILES string of the molecule is O=C(/C=C/c1cc(C(F)(F)F)cc(C(F)(F)F)c1)c1cccc(O)c1. The third kappa shape index (κ3) is 4.85. The molecule has 8 heteroatoms. The van der Waals surface area contributed by atoms with E-state index >= 15 is 0 Å². The molecule has 25 heavy (non-hydrogen) atoms. The zero-order chi connectivity index (χ0) is 18.8. The Bertz CT molecular complexity index is 786. The first kappa shape index (κ1) is 18.6. The Kier molecular flexibility index (Phi) is 4.92. The highest BCUT2D eigenvalue weighted by molar-refractivity contribution is 6.07. The molecule has 0 unspecified atom stereocenters. The lowest BCUT2D eigenvalue weighted by molar-refractivity contribution is -0.143. The van der Waals surface area contributed by atoms with Crippen molar-refractivity contribution in [3.05, 3.63) is 70.8 Å². The van der Waals surface area contributed by atoms with E-state index in [1.807, 2.05) is 0 Å². The molecule has 2 rings (SSSR count). The molecule has 1 N–H and O–H groups in total. The summed E-state index contributed by atoms with van der Waals surface area (Å²) in [5.41, 5.74) is -3.31. The average molecular weight is 360 g/mol. The Balaban J connectivity index is 2.39. The smallest absolute Gasteiger partial charge is 0.416 e. The number of alkyl halides is 6. The summed E-state index contributed by atoms with van der Waals surface area (Å²) in [6.45, 7) is 0. The van der Waals surface area contributed by atoms with Gasteiger partial charge < -0.3 is 5.11 Å². The lowest BCUT2D eigenvalue weighted by atomic mass is 10.0. The van der Waals surface area contributed by atoms with Crippen LogP contribution in [0, 0.1) is 0 Å². The van der Waals surface area contributed by atoms with Crippen molar-refractivity contribution in [1.82, 2.24) is 0 Å². The number of ketones is 1. The molecule has 0 heterocycles. The second-order valence-electron chi connectivity index (χ2n) is 5.09. The first-order valence-corrected chi connectivity index (χ1v) is 6.78. The van der Waals surface area contributed by atoms with Crippen LogP contribution in [0.15, 0.2) is 48.5 Å². The number of phenolic OH excluding ortho intramolecular Hbond substituents is 1. The summed E-state index contributed by atoms with van der Waals surface area (Å²) in [6.07, 6.45) is -8.22. The summed E-state index contributed by atoms with van der Waals surface area (Å²) in [5.74, 6) is -0.875. The Morgan fingerprint density at radius 3 is 1.92 bits per heavy atom. The van der Waals surface area contributed by atoms with Gasteiger partial charge in [0.2, 0.25) is 0 Å². The van der Waals surface area contributed by atoms with E-state index in [9.17, 15) is 36.2 Å². The Hall–Kier alpha value is -2.77. The van der Waals surface area contributed by atoms with Crippen LogP contribution in [-0.4, -0.2) is 10.9 Å². The van der Waals surface area contributed by atoms with E-state index in [4.69, 9.17) is 0 Å². The maximum Gasteiger partial charge on any atom is 0.416 e. The van der Waals surface area contributed by atoms with Gasteiger partial charge in [0.1, 0.15) is 5.75 Å². The highest BCUT2D eigenvalue weighted by atomic mass is 19.4. The van der Waals surface area contributed by atoms with Gasteiger partial charge in [-0.25, -0.2) is 0 Å². The number of carbonyl (C=O) groups excluding carboxylic acids is 1. The molecule has 0 radical (unpaired) electrons. The number of allylic oxidation sites excluding steroid dienone is 1. The molecular weight excluding hydrogens is 350 g/mol. The minimum Gasteiger partial charge on any atom is -0.508 e. The fourth-order valence-electron chi connectivity index (χ4n) is 2.00. The third-order valence-corrected chi connectivity index (χ3v) is 3.17. The van der Waals surface area contributed by atoms with Gasteiger partial charge in [-0.2, -0.15) is 26.3 Å². The molecule has 0 saturated heterocycles. The number of rotatable bonds is 3. The van der Waals surface area contributed by atoms with E-state index in [0.717, 1.165) is 18.2 Å². The van der Waals surface area contributed by atoms with Gasteiger partial charge in [0.05, 0.1) is 11.1 Å². The average Bonchev–Trinajstić information content (AvgIpc) is 2.50. The molecule has 0 saturated carbocycles. The molecule has 2 nitrogen and oxygen atoms in total. The molecule has 0 fully saturated rings. The zero-order valence-electron chi connectivity index (χ0n) is 12.3. The molecule has 0 aliphatic rings. The van der Waals surface area contributed by atoms with Crippen LogP contribution in [0.3, 0.4) is 0 Å². The largest absolute Gasteiger partial charge is 0.508 e. The van der Waals surface area contributed by atoms with Crippen molar-refractivity contribution in [2.45, 2.75) is 12.4 Å². The van der Waals surface area contributed by atoms with Crippen LogP contribution >= 0.6 is 0 Å². The minimum atomic E-state index is -4.96. The zero-order valence-corrected chi connectivity index (χ0v) is 12.3. The van der Waals surface area contributed by atoms with Gasteiger partial charge in [0, 0.05) is 5.56 Å². The van der Waals surface area contributed by atoms with Crippen molar-refractivity contribution in [1.29, 1.82) is 0 Å². The number of phenols is 1. The van der Waals surface area contributed by atoms with Crippen molar-refractivity contribution in [2.24, 2.45) is 0 Å². The van der Waals surface area contributed by atoms with Gasteiger partial charge in [0.25, 0.3) is 0 Å². The normalized spacial score (nSPS) is 12.6. The van der Waals surface area contributed by atoms with Crippen LogP contribution in [0.2, 0.25) is 0 Å². The topological polar surface area (TPSA) is 37.3 Å². The molecule has 132 valence electrons. The number of benzene rings is 2. The van der Waals surface area contributed by atoms with Gasteiger partial charge in [0.15, 0.2) is 5.78 Å². The molecule has 0 bridgehead atoms. The minimum absolute atomic E-state index is 0.00833. The van der Waals surface area contributed by atoms with E-state index < -0.39 is 34.8 Å². The number of hydrogen-bond acceptors (Lipinski definition) is 2. The van der Waals surface area contributed by atoms with Gasteiger partial charge in [-0.1, -0.05) is 18.2 Å². The molecule has 0 aromatic heterocycles. The van der Waals surface area contributed by atoms with E-state index in [2.05, 4.69) is 0 Å². The van der Waals surface area contributed by atoms with Crippen molar-refractivity contribution in [3.8, 4) is 5.75 Å². The Labute approximate surface area is 138 Å². The summed E-state index contributed by atoms with van der Waals surface area (Å²) in [5, 5.41) is 9.27. The molecular formula is C17H10F6O2. The Morgan fingerprint density at radius 1 is 0.880 bits per heavy atom. The molecule has 0 aliphatic carbocycles. The lowest BCUT2D eigenvalue weighted by Gasteiger charge is -2.12. The summed E-state index contributed by atoms with van der Waals surface area (Å²) in [6, 6.07) is 6.20. The summed E-state index contributed by atoms with van der Waals surface area (Å²) >= 11 is 0. The van der Waals surface area contributed by atoms with E-state index in [1.165, 1.54) is 18.2 Å². The predicted molar refractivity (Wildman–Crippen MR) is 77.9 cm³/mol. The van der Waals surface area contributed by atoms with Crippen molar-refractivity contribution in [2.75, 3.05) is 0 Å². The molecule has 0 aliphatic heterocycles. The molecule has 2 aromatic rings. The van der Waals surface area contributed by atoms with E-state index in [0.29, 0.717) is 12.1 Å². The summed E-state index contributed by atoms with van der Waals surface area (Å²) in [7, 11) is 0. The van der Waals surface area contributed by atoms with E-state index in [-0.39, 0.29) is 17.4 Å². The van der Waals surface area contributed by atoms with E-state index in [1.54, 1.807) is 0 Å². The maximum atomic E-state index is 12.8. The first-order chi connectivity index (χ1) is 11.5. The van der Waals surface area contributed by atoms with Gasteiger partial charge in [-0.3, -0.25) is 4.79 Å². The third-order valence-electron chi connectivity index (χ3n) is 3.17. The highest BCUT2D eigenvalue weighted by Gasteiger charge is 2.36. The molecule has 0 spiro atoms. The Morgan fingerprint density at radius 2 is 1.44 bits per heavy atom. The molecule has 2 aromatic carbocycles. The monoisotopic (exact) mass is 360 g/mol. The van der Waals surface area contributed by atoms with Gasteiger partial charge in [-0.15, -0.1) is 0 Å². The molecule has 0 amide bonds. The van der Waals surface area contributed by atoms with Crippen LogP contribution in [-0.2, 0) is 12.4 Å². The fraction of sp³-hybridized carbons (Fsp3) is 0.118.